The summed E-state index contributed by atoms with van der Waals surface area (Å²) in [6, 6.07) is 0. The van der Waals surface area contributed by atoms with E-state index in [-0.39, 0.29) is 126 Å². The molecule has 0 unspecified atom stereocenters. The summed E-state index contributed by atoms with van der Waals surface area (Å²) in [4.78, 5) is 42.3. The van der Waals surface area contributed by atoms with E-state index in [2.05, 4.69) is 135 Å². The van der Waals surface area contributed by atoms with E-state index in [1.54, 1.807) is 0 Å². The Bertz CT molecular complexity index is 1880. The molecule has 17 atom stereocenters. The molecule has 0 saturated heterocycles. The maximum atomic E-state index is 14.5. The summed E-state index contributed by atoms with van der Waals surface area (Å²) in [7, 11) is -4.09. The van der Waals surface area contributed by atoms with E-state index in [9.17, 15) is 19.5 Å². The van der Waals surface area contributed by atoms with E-state index < -0.39 is 33.6 Å². The third kappa shape index (κ3) is 7.54. The van der Waals surface area contributed by atoms with Gasteiger partial charge in [-0.05, 0) is 145 Å². The smallest absolute Gasteiger partial charge is 1.00 e. The quantitative estimate of drug-likeness (QED) is 0.225. The first-order valence-electron chi connectivity index (χ1n) is 24.2. The minimum atomic E-state index is -2.05. The summed E-state index contributed by atoms with van der Waals surface area (Å²) in [6.45, 7) is 45.3. The number of carbonyl (C=O) groups excluding carboxylic acids is 3. The first-order chi connectivity index (χ1) is 27.1. The Kier molecular flexibility index (Phi) is 13.8. The summed E-state index contributed by atoms with van der Waals surface area (Å²) in [5.74, 6) is 3.54. The molecule has 10 heteroatoms. The van der Waals surface area contributed by atoms with Gasteiger partial charge < -0.3 is 15.4 Å². The van der Waals surface area contributed by atoms with E-state index in [1.807, 2.05) is 13.8 Å². The van der Waals surface area contributed by atoms with E-state index in [4.69, 9.17) is 8.85 Å². The van der Waals surface area contributed by atoms with Gasteiger partial charge in [0.1, 0.15) is 11.6 Å². The first-order valence-corrected chi connectivity index (χ1v) is 30.0. The van der Waals surface area contributed by atoms with Gasteiger partial charge >= 0.3 is 29.6 Å². The Labute approximate surface area is 406 Å². The van der Waals surface area contributed by atoms with Crippen LogP contribution in [0.15, 0.2) is 23.3 Å². The Hall–Kier alpha value is -0.131. The third-order valence-corrected chi connectivity index (χ3v) is 29.5. The predicted octanol–water partition coefficient (Wildman–Crippen LogP) is 8.62. The van der Waals surface area contributed by atoms with E-state index in [1.165, 1.54) is 0 Å². The number of aliphatic hydroxyl groups is 1. The average molecular weight is 898 g/mol. The number of hydrogen-bond donors (Lipinski definition) is 1. The zero-order valence-electron chi connectivity index (χ0n) is 44.2. The van der Waals surface area contributed by atoms with Crippen molar-refractivity contribution in [2.45, 2.75) is 191 Å². The third-order valence-electron chi connectivity index (χ3n) is 20.6. The maximum Gasteiger partial charge on any atom is 1.00 e. The van der Waals surface area contributed by atoms with Crippen molar-refractivity contribution in [2.75, 3.05) is 0 Å². The van der Waals surface area contributed by atoms with Gasteiger partial charge in [0.25, 0.3) is 0 Å². The summed E-state index contributed by atoms with van der Waals surface area (Å²) in [6.07, 6.45) is 7.50. The van der Waals surface area contributed by atoms with Crippen LogP contribution >= 0.6 is 0 Å². The molecular weight excluding hydrogens is 811 g/mol. The van der Waals surface area contributed by atoms with Crippen LogP contribution in [0.1, 0.15) is 138 Å². The fourth-order valence-electron chi connectivity index (χ4n) is 14.6. The molecule has 0 aromatic heterocycles. The molecule has 4 bridgehead atoms. The van der Waals surface area contributed by atoms with Crippen molar-refractivity contribution in [1.29, 1.82) is 0 Å². The van der Waals surface area contributed by atoms with Gasteiger partial charge in [0.05, 0.1) is 29.1 Å². The summed E-state index contributed by atoms with van der Waals surface area (Å²) in [5, 5.41) is 11.4. The monoisotopic (exact) mass is 898 g/mol. The van der Waals surface area contributed by atoms with Crippen LogP contribution in [-0.2, 0) is 23.2 Å². The van der Waals surface area contributed by atoms with Crippen molar-refractivity contribution in [3.63, 3.8) is 0 Å². The van der Waals surface area contributed by atoms with Crippen LogP contribution in [0, 0.1) is 92.7 Å². The van der Waals surface area contributed by atoms with Crippen molar-refractivity contribution < 1.29 is 59.3 Å². The van der Waals surface area contributed by atoms with Gasteiger partial charge in [-0.15, -0.1) is 0 Å². The fourth-order valence-corrected chi connectivity index (χ4v) is 17.4. The fraction of sp³-hybridized carbons (Fsp3) is 0.865. The van der Waals surface area contributed by atoms with E-state index in [0.29, 0.717) is 35.2 Å². The topological polar surface area (TPSA) is 89.9 Å². The van der Waals surface area contributed by atoms with Crippen LogP contribution in [0.25, 0.3) is 0 Å². The summed E-state index contributed by atoms with van der Waals surface area (Å²) in [5.41, 5.74) is 1.11. The first kappa shape index (κ1) is 52.8. The number of hydrogen-bond acceptors (Lipinski definition) is 6. The standard InChI is InChI=1S/C26H44O3Si.C26H42O3Si.B.Na.H/c2*1-14-11-18-21(27)15(2)13-26(18)16(3)12-17-20(25(17,7)8)19(23(26)28)22(14)29-30(9,10)24(4,5)6;;;/h13-14,16-22,27H,11-12H2,1-10H3;13-14,16-20,22H,11-12H2,1-10H3;;;/q;;;+1;-1/t14-,16-,17-,18-,19-,20-,21-,22-,26-;14-,16-,17-,18-,19-,20-,22-,26-;;;/m11.../s1. The molecule has 343 valence electrons. The number of carbonyl (C=O) groups is 3. The Morgan fingerprint density at radius 3 is 1.45 bits per heavy atom. The van der Waals surface area contributed by atoms with Crippen molar-refractivity contribution in [3.05, 3.63) is 23.3 Å². The van der Waals surface area contributed by atoms with Crippen molar-refractivity contribution in [1.82, 2.24) is 0 Å². The molecule has 8 aliphatic carbocycles. The van der Waals surface area contributed by atoms with Gasteiger partial charge in [-0.1, -0.05) is 109 Å². The second kappa shape index (κ2) is 16.3. The van der Waals surface area contributed by atoms with Crippen LogP contribution in [0.4, 0.5) is 0 Å². The molecular formula is C52H87BNaO6Si2. The van der Waals surface area contributed by atoms with Crippen molar-refractivity contribution in [3.8, 4) is 0 Å². The molecule has 0 amide bonds. The van der Waals surface area contributed by atoms with Gasteiger partial charge in [0.15, 0.2) is 22.4 Å². The number of rotatable bonds is 4. The second-order valence-corrected chi connectivity index (χ2v) is 36.1. The molecule has 2 spiro atoms. The number of fused-ring (bicyclic) bond motifs is 6. The van der Waals surface area contributed by atoms with Crippen LogP contribution in [0.3, 0.4) is 0 Å². The van der Waals surface area contributed by atoms with Gasteiger partial charge in [0, 0.05) is 32.1 Å². The average Bonchev–Trinajstić information content (AvgIpc) is 3.80. The molecule has 0 aliphatic heterocycles. The molecule has 6 fully saturated rings. The Morgan fingerprint density at radius 1 is 0.645 bits per heavy atom. The molecule has 0 aromatic carbocycles. The number of allylic oxidation sites excluding steroid dienone is 3. The molecule has 3 radical (unpaired) electrons. The molecule has 0 aromatic rings. The minimum absolute atomic E-state index is 0. The van der Waals surface area contributed by atoms with E-state index >= 15 is 0 Å². The number of aliphatic hydroxyl groups excluding tert-OH is 1. The van der Waals surface area contributed by atoms with Gasteiger partial charge in [-0.3, -0.25) is 14.4 Å². The summed E-state index contributed by atoms with van der Waals surface area (Å²) >= 11 is 0. The SMILES string of the molecule is CC1=C[C@]23C(=O)[C@@H]([C@H](O[Si](C)(C)C(C)(C)C)[C@H](C)C[C@@H]2C1=O)[C@H]1[C@@H](C[C@H]3C)C1(C)C.CC1=C[C@]23C(=O)[C@@H]([C@H](O[Si](C)(C)C(C)(C)C)[C@H](C)C[C@@H]2[C@@H]1O)[C@H]1[C@@H](C[C@H]3C)C1(C)C.[B].[H-].[Na+]. The van der Waals surface area contributed by atoms with Gasteiger partial charge in [-0.25, -0.2) is 0 Å². The molecule has 0 heterocycles. The van der Waals surface area contributed by atoms with Crippen molar-refractivity contribution >= 4 is 42.4 Å². The van der Waals surface area contributed by atoms with Crippen LogP contribution < -0.4 is 29.6 Å². The predicted molar refractivity (Wildman–Crippen MR) is 255 cm³/mol. The van der Waals surface area contributed by atoms with Crippen molar-refractivity contribution in [2.24, 2.45) is 92.7 Å². The number of ketones is 3. The van der Waals surface area contributed by atoms with E-state index in [0.717, 1.165) is 36.8 Å². The molecule has 8 rings (SSSR count). The molecule has 6 saturated carbocycles. The van der Waals surface area contributed by atoms with Gasteiger partial charge in [-0.2, -0.15) is 0 Å². The van der Waals surface area contributed by atoms with Crippen LogP contribution in [0.2, 0.25) is 36.3 Å². The Balaban J connectivity index is 0.000000264. The normalized spacial score (nSPS) is 45.0. The molecule has 62 heavy (non-hydrogen) atoms. The molecule has 6 nitrogen and oxygen atoms in total. The minimum Gasteiger partial charge on any atom is -1.00 e. The van der Waals surface area contributed by atoms with Crippen LogP contribution in [0.5, 0.6) is 0 Å². The molecule has 8 aliphatic rings. The largest absolute Gasteiger partial charge is 1.00 e. The maximum absolute atomic E-state index is 14.5. The Morgan fingerprint density at radius 2 is 1.03 bits per heavy atom. The summed E-state index contributed by atoms with van der Waals surface area (Å²) < 4.78 is 14.2. The van der Waals surface area contributed by atoms with Crippen LogP contribution in [-0.4, -0.2) is 65.8 Å². The second-order valence-electron chi connectivity index (χ2n) is 26.6. The zero-order chi connectivity index (χ0) is 45.2. The molecule has 1 N–H and O–H groups in total. The number of Topliss-reactive ketones (excluding diaryl/α,β-unsaturated/α-hetero) is 3. The van der Waals surface area contributed by atoms with Gasteiger partial charge in [0.2, 0.25) is 0 Å². The zero-order valence-corrected chi connectivity index (χ0v) is 47.2.